The van der Waals surface area contributed by atoms with E-state index in [1.165, 1.54) is 6.34 Å². The van der Waals surface area contributed by atoms with Crippen LogP contribution in [0.15, 0.2) is 21.6 Å². The highest BCUT2D eigenvalue weighted by atomic mass is 16.1. The minimum absolute atomic E-state index is 0.137. The van der Waals surface area contributed by atoms with Gasteiger partial charge in [0.25, 0.3) is 5.91 Å². The average Bonchev–Trinajstić information content (AvgIpc) is 2.36. The molecule has 0 aromatic carbocycles. The lowest BCUT2D eigenvalue weighted by Gasteiger charge is -2.01. The second-order valence-corrected chi connectivity index (χ2v) is 2.28. The van der Waals surface area contributed by atoms with E-state index >= 15 is 0 Å². The van der Waals surface area contributed by atoms with Gasteiger partial charge in [-0.15, -0.1) is 0 Å². The third-order valence-electron chi connectivity index (χ3n) is 1.66. The van der Waals surface area contributed by atoms with Crippen LogP contribution in [0.1, 0.15) is 12.8 Å². The minimum Gasteiger partial charge on any atom is -0.267 e. The van der Waals surface area contributed by atoms with Gasteiger partial charge in [0, 0.05) is 0 Å². The molecule has 0 N–H and O–H groups in total. The fourth-order valence-electron chi connectivity index (χ4n) is 1.17. The second kappa shape index (κ2) is 1.87. The zero-order chi connectivity index (χ0) is 6.97. The number of aliphatic imine (C=N–C) groups is 2. The van der Waals surface area contributed by atoms with Crippen molar-refractivity contribution in [3.63, 3.8) is 0 Å². The summed E-state index contributed by atoms with van der Waals surface area (Å²) in [6.07, 6.45) is 5.06. The average molecular weight is 134 g/mol. The summed E-state index contributed by atoms with van der Waals surface area (Å²) in [5, 5.41) is 0. The minimum atomic E-state index is -0.137. The Morgan fingerprint density at radius 1 is 1.50 bits per heavy atom. The Balaban J connectivity index is 2.48. The Kier molecular flexibility index (Phi) is 1.03. The summed E-state index contributed by atoms with van der Waals surface area (Å²) < 4.78 is 0. The number of hydrogen-bond acceptors (Lipinski definition) is 2. The van der Waals surface area contributed by atoms with Gasteiger partial charge in [0.2, 0.25) is 0 Å². The SMILES string of the molecule is O=C1N=CN=C2CCC=C12. The van der Waals surface area contributed by atoms with Gasteiger partial charge in [0.1, 0.15) is 6.34 Å². The van der Waals surface area contributed by atoms with Gasteiger partial charge >= 0.3 is 0 Å². The topological polar surface area (TPSA) is 41.8 Å². The lowest BCUT2D eigenvalue weighted by atomic mass is 10.2. The molecule has 50 valence electrons. The summed E-state index contributed by atoms with van der Waals surface area (Å²) in [6, 6.07) is 0. The maximum absolute atomic E-state index is 10.9. The van der Waals surface area contributed by atoms with Gasteiger partial charge < -0.3 is 0 Å². The first-order valence-electron chi connectivity index (χ1n) is 3.22. The summed E-state index contributed by atoms with van der Waals surface area (Å²) in [6.45, 7) is 0. The number of amides is 1. The van der Waals surface area contributed by atoms with Crippen LogP contribution in [0.5, 0.6) is 0 Å². The Morgan fingerprint density at radius 3 is 3.20 bits per heavy atom. The fourth-order valence-corrected chi connectivity index (χ4v) is 1.17. The number of rotatable bonds is 0. The van der Waals surface area contributed by atoms with Crippen LogP contribution in [-0.2, 0) is 4.79 Å². The number of hydrogen-bond donors (Lipinski definition) is 0. The number of carbonyl (C=O) groups excluding carboxylic acids is 1. The van der Waals surface area contributed by atoms with Crippen molar-refractivity contribution in [2.45, 2.75) is 12.8 Å². The summed E-state index contributed by atoms with van der Waals surface area (Å²) in [5.41, 5.74) is 1.61. The number of allylic oxidation sites excluding steroid dienone is 1. The van der Waals surface area contributed by atoms with E-state index in [4.69, 9.17) is 0 Å². The predicted octanol–water partition coefficient (Wildman–Crippen LogP) is 0.716. The highest BCUT2D eigenvalue weighted by Gasteiger charge is 2.21. The molecule has 0 aromatic rings. The van der Waals surface area contributed by atoms with Gasteiger partial charge in [-0.05, 0) is 12.8 Å². The summed E-state index contributed by atoms with van der Waals surface area (Å²) in [5.74, 6) is -0.137. The highest BCUT2D eigenvalue weighted by molar-refractivity contribution is 6.27. The molecule has 0 aromatic heterocycles. The third kappa shape index (κ3) is 0.635. The fraction of sp³-hybridized carbons (Fsp3) is 0.286. The molecule has 0 saturated carbocycles. The van der Waals surface area contributed by atoms with Crippen molar-refractivity contribution in [2.75, 3.05) is 0 Å². The van der Waals surface area contributed by atoms with Gasteiger partial charge in [-0.2, -0.15) is 4.99 Å². The summed E-state index contributed by atoms with van der Waals surface area (Å²) >= 11 is 0. The van der Waals surface area contributed by atoms with Gasteiger partial charge in [-0.1, -0.05) is 6.08 Å². The van der Waals surface area contributed by atoms with Gasteiger partial charge in [-0.25, -0.2) is 4.99 Å². The Labute approximate surface area is 58.2 Å². The van der Waals surface area contributed by atoms with Crippen LogP contribution in [0.25, 0.3) is 0 Å². The van der Waals surface area contributed by atoms with E-state index in [0.717, 1.165) is 18.6 Å². The van der Waals surface area contributed by atoms with Gasteiger partial charge in [0.15, 0.2) is 0 Å². The molecule has 1 heterocycles. The largest absolute Gasteiger partial charge is 0.279 e. The zero-order valence-corrected chi connectivity index (χ0v) is 5.37. The normalized spacial score (nSPS) is 22.2. The molecule has 0 bridgehead atoms. The molecule has 1 aliphatic heterocycles. The molecule has 2 rings (SSSR count). The molecule has 0 unspecified atom stereocenters. The summed E-state index contributed by atoms with van der Waals surface area (Å²) in [4.78, 5) is 18.5. The molecule has 0 fully saturated rings. The second-order valence-electron chi connectivity index (χ2n) is 2.28. The lowest BCUT2D eigenvalue weighted by Crippen LogP contribution is -2.10. The zero-order valence-electron chi connectivity index (χ0n) is 5.37. The molecule has 2 aliphatic rings. The van der Waals surface area contributed by atoms with E-state index in [2.05, 4.69) is 9.98 Å². The first kappa shape index (κ1) is 5.53. The monoisotopic (exact) mass is 134 g/mol. The Morgan fingerprint density at radius 2 is 2.40 bits per heavy atom. The molecular formula is C7H6N2O. The number of fused-ring (bicyclic) bond motifs is 1. The van der Waals surface area contributed by atoms with Gasteiger partial charge in [0.05, 0.1) is 11.3 Å². The first-order valence-corrected chi connectivity index (χ1v) is 3.22. The molecule has 10 heavy (non-hydrogen) atoms. The van der Waals surface area contributed by atoms with Crippen molar-refractivity contribution in [3.05, 3.63) is 11.6 Å². The van der Waals surface area contributed by atoms with Gasteiger partial charge in [-0.3, -0.25) is 4.79 Å². The quantitative estimate of drug-likeness (QED) is 0.481. The van der Waals surface area contributed by atoms with Crippen molar-refractivity contribution in [2.24, 2.45) is 9.98 Å². The number of nitrogens with zero attached hydrogens (tertiary/aromatic N) is 2. The van der Waals surface area contributed by atoms with Crippen LogP contribution in [0.3, 0.4) is 0 Å². The maximum atomic E-state index is 10.9. The lowest BCUT2D eigenvalue weighted by molar-refractivity contribution is -0.113. The van der Waals surface area contributed by atoms with E-state index in [1.54, 1.807) is 0 Å². The van der Waals surface area contributed by atoms with Crippen molar-refractivity contribution in [1.82, 2.24) is 0 Å². The van der Waals surface area contributed by atoms with Crippen LogP contribution in [-0.4, -0.2) is 18.0 Å². The van der Waals surface area contributed by atoms with Crippen molar-refractivity contribution < 1.29 is 4.79 Å². The molecule has 0 radical (unpaired) electrons. The molecule has 3 heteroatoms. The van der Waals surface area contributed by atoms with E-state index in [-0.39, 0.29) is 5.91 Å². The molecular weight excluding hydrogens is 128 g/mol. The predicted molar refractivity (Wildman–Crippen MR) is 38.3 cm³/mol. The Bertz CT molecular complexity index is 273. The van der Waals surface area contributed by atoms with Crippen LogP contribution >= 0.6 is 0 Å². The van der Waals surface area contributed by atoms with Crippen LogP contribution in [0.2, 0.25) is 0 Å². The van der Waals surface area contributed by atoms with Crippen LogP contribution in [0.4, 0.5) is 0 Å². The molecule has 1 amide bonds. The molecule has 1 aliphatic carbocycles. The number of carbonyl (C=O) groups is 1. The molecule has 3 nitrogen and oxygen atoms in total. The highest BCUT2D eigenvalue weighted by Crippen LogP contribution is 2.18. The Hall–Kier alpha value is -1.25. The van der Waals surface area contributed by atoms with Crippen molar-refractivity contribution in [1.29, 1.82) is 0 Å². The molecule has 0 saturated heterocycles. The maximum Gasteiger partial charge on any atom is 0.279 e. The first-order chi connectivity index (χ1) is 4.88. The standard InChI is InChI=1S/C7H6N2O/c10-7-5-2-1-3-6(5)8-4-9-7/h2,4H,1,3H2. The van der Waals surface area contributed by atoms with E-state index in [0.29, 0.717) is 5.57 Å². The molecule has 0 spiro atoms. The van der Waals surface area contributed by atoms with E-state index in [1.807, 2.05) is 6.08 Å². The van der Waals surface area contributed by atoms with E-state index < -0.39 is 0 Å². The van der Waals surface area contributed by atoms with Crippen molar-refractivity contribution >= 4 is 18.0 Å². The summed E-state index contributed by atoms with van der Waals surface area (Å²) in [7, 11) is 0. The smallest absolute Gasteiger partial charge is 0.267 e. The third-order valence-corrected chi connectivity index (χ3v) is 1.66. The van der Waals surface area contributed by atoms with Crippen molar-refractivity contribution in [3.8, 4) is 0 Å². The molecule has 0 atom stereocenters. The van der Waals surface area contributed by atoms with Crippen LogP contribution < -0.4 is 0 Å². The van der Waals surface area contributed by atoms with E-state index in [9.17, 15) is 4.79 Å². The van der Waals surface area contributed by atoms with Crippen LogP contribution in [0, 0.1) is 0 Å².